The van der Waals surface area contributed by atoms with Crippen LogP contribution in [0.5, 0.6) is 0 Å². The van der Waals surface area contributed by atoms with E-state index in [9.17, 15) is 14.4 Å². The Morgan fingerprint density at radius 1 is 0.839 bits per heavy atom. The number of carbonyl (C=O) groups is 3. The van der Waals surface area contributed by atoms with E-state index in [0.717, 1.165) is 16.3 Å². The smallest absolute Gasteiger partial charge is 0.253 e. The van der Waals surface area contributed by atoms with Gasteiger partial charge in [0.05, 0.1) is 29.7 Å². The number of amides is 3. The first-order valence-electron chi connectivity index (χ1n) is 9.61. The molecule has 0 spiro atoms. The summed E-state index contributed by atoms with van der Waals surface area (Å²) in [7, 11) is 0. The molecule has 3 aromatic carbocycles. The molecule has 0 saturated carbocycles. The van der Waals surface area contributed by atoms with Crippen LogP contribution >= 0.6 is 23.2 Å². The van der Waals surface area contributed by atoms with E-state index < -0.39 is 11.8 Å². The van der Waals surface area contributed by atoms with Gasteiger partial charge >= 0.3 is 0 Å². The van der Waals surface area contributed by atoms with Gasteiger partial charge in [0.2, 0.25) is 11.8 Å². The lowest BCUT2D eigenvalue weighted by Crippen LogP contribution is -2.42. The number of carbonyl (C=O) groups excluding carboxylic acids is 3. The van der Waals surface area contributed by atoms with E-state index in [2.05, 4.69) is 16.0 Å². The first-order valence-corrected chi connectivity index (χ1v) is 10.4. The highest BCUT2D eigenvalue weighted by molar-refractivity contribution is 6.36. The predicted molar refractivity (Wildman–Crippen MR) is 122 cm³/mol. The second kappa shape index (κ2) is 10.3. The SMILES string of the molecule is CC(NC(=O)CNC(=O)CNC(=O)c1ccc(Cl)cc1Cl)c1ccc2ccccc2c1. The molecule has 160 valence electrons. The van der Waals surface area contributed by atoms with Crippen molar-refractivity contribution in [2.24, 2.45) is 0 Å². The number of hydrogen-bond acceptors (Lipinski definition) is 3. The molecule has 0 aromatic heterocycles. The first-order chi connectivity index (χ1) is 14.8. The van der Waals surface area contributed by atoms with Gasteiger partial charge in [0, 0.05) is 5.02 Å². The van der Waals surface area contributed by atoms with Crippen molar-refractivity contribution in [3.05, 3.63) is 81.8 Å². The minimum atomic E-state index is -0.508. The summed E-state index contributed by atoms with van der Waals surface area (Å²) in [5.41, 5.74) is 1.17. The third-order valence-electron chi connectivity index (χ3n) is 4.68. The predicted octanol–water partition coefficient (Wildman–Crippen LogP) is 3.87. The van der Waals surface area contributed by atoms with Crippen molar-refractivity contribution in [3.63, 3.8) is 0 Å². The van der Waals surface area contributed by atoms with E-state index in [1.165, 1.54) is 18.2 Å². The molecule has 0 saturated heterocycles. The maximum absolute atomic E-state index is 12.2. The van der Waals surface area contributed by atoms with Gasteiger partial charge in [0.1, 0.15) is 0 Å². The maximum Gasteiger partial charge on any atom is 0.253 e. The highest BCUT2D eigenvalue weighted by atomic mass is 35.5. The molecular formula is C23H21Cl2N3O3. The third-order valence-corrected chi connectivity index (χ3v) is 5.23. The zero-order valence-electron chi connectivity index (χ0n) is 16.7. The second-order valence-corrected chi connectivity index (χ2v) is 7.82. The van der Waals surface area contributed by atoms with E-state index in [1.54, 1.807) is 0 Å². The molecule has 1 unspecified atom stereocenters. The Hall–Kier alpha value is -3.09. The summed E-state index contributed by atoms with van der Waals surface area (Å²) >= 11 is 11.8. The highest BCUT2D eigenvalue weighted by Gasteiger charge is 2.14. The minimum absolute atomic E-state index is 0.187. The zero-order valence-corrected chi connectivity index (χ0v) is 18.3. The van der Waals surface area contributed by atoms with Crippen molar-refractivity contribution in [1.29, 1.82) is 0 Å². The molecule has 0 bridgehead atoms. The van der Waals surface area contributed by atoms with Crippen LogP contribution in [0, 0.1) is 0 Å². The van der Waals surface area contributed by atoms with Crippen LogP contribution < -0.4 is 16.0 Å². The fraction of sp³-hybridized carbons (Fsp3) is 0.174. The maximum atomic E-state index is 12.2. The van der Waals surface area contributed by atoms with Crippen LogP contribution in [0.1, 0.15) is 28.9 Å². The van der Waals surface area contributed by atoms with E-state index in [0.29, 0.717) is 5.02 Å². The van der Waals surface area contributed by atoms with Gasteiger partial charge in [-0.1, -0.05) is 59.6 Å². The monoisotopic (exact) mass is 457 g/mol. The lowest BCUT2D eigenvalue weighted by Gasteiger charge is -2.15. The molecule has 0 aliphatic heterocycles. The van der Waals surface area contributed by atoms with E-state index >= 15 is 0 Å². The summed E-state index contributed by atoms with van der Waals surface area (Å²) in [6.45, 7) is 1.39. The molecule has 3 amide bonds. The summed E-state index contributed by atoms with van der Waals surface area (Å²) in [5, 5.41) is 10.6. The Kier molecular flexibility index (Phi) is 7.50. The van der Waals surface area contributed by atoms with Crippen LogP contribution in [0.25, 0.3) is 10.8 Å². The number of fused-ring (bicyclic) bond motifs is 1. The Bertz CT molecular complexity index is 1130. The summed E-state index contributed by atoms with van der Waals surface area (Å²) in [6, 6.07) is 18.2. The molecule has 0 heterocycles. The van der Waals surface area contributed by atoms with E-state index in [1.807, 2.05) is 49.4 Å². The highest BCUT2D eigenvalue weighted by Crippen LogP contribution is 2.21. The molecule has 1 atom stereocenters. The van der Waals surface area contributed by atoms with Crippen molar-refractivity contribution in [2.75, 3.05) is 13.1 Å². The molecule has 0 aliphatic carbocycles. The van der Waals surface area contributed by atoms with E-state index in [-0.39, 0.29) is 35.6 Å². The molecular weight excluding hydrogens is 437 g/mol. The molecule has 0 radical (unpaired) electrons. The van der Waals surface area contributed by atoms with Crippen LogP contribution in [0.15, 0.2) is 60.7 Å². The van der Waals surface area contributed by atoms with Crippen molar-refractivity contribution >= 4 is 51.7 Å². The van der Waals surface area contributed by atoms with Gasteiger partial charge in [0.25, 0.3) is 5.91 Å². The molecule has 0 aliphatic rings. The summed E-state index contributed by atoms with van der Waals surface area (Å²) in [4.78, 5) is 36.3. The quantitative estimate of drug-likeness (QED) is 0.503. The number of rotatable bonds is 7. The second-order valence-electron chi connectivity index (χ2n) is 6.98. The van der Waals surface area contributed by atoms with Crippen LogP contribution in [0.2, 0.25) is 10.0 Å². The Morgan fingerprint density at radius 2 is 1.55 bits per heavy atom. The molecule has 8 heteroatoms. The van der Waals surface area contributed by atoms with Gasteiger partial charge in [0.15, 0.2) is 0 Å². The summed E-state index contributed by atoms with van der Waals surface area (Å²) in [5.74, 6) is -1.33. The van der Waals surface area contributed by atoms with Gasteiger partial charge in [-0.3, -0.25) is 14.4 Å². The molecule has 3 N–H and O–H groups in total. The zero-order chi connectivity index (χ0) is 22.4. The summed E-state index contributed by atoms with van der Waals surface area (Å²) < 4.78 is 0. The Labute approximate surface area is 189 Å². The normalized spacial score (nSPS) is 11.6. The van der Waals surface area contributed by atoms with Crippen LogP contribution in [0.4, 0.5) is 0 Å². The lowest BCUT2D eigenvalue weighted by molar-refractivity contribution is -0.125. The number of halogens is 2. The van der Waals surface area contributed by atoms with Crippen LogP contribution in [-0.2, 0) is 9.59 Å². The van der Waals surface area contributed by atoms with Crippen LogP contribution in [-0.4, -0.2) is 30.8 Å². The van der Waals surface area contributed by atoms with Crippen molar-refractivity contribution in [3.8, 4) is 0 Å². The standard InChI is InChI=1S/C23H21Cl2N3O3/c1-14(16-7-6-15-4-2-3-5-17(15)10-16)28-22(30)13-26-21(29)12-27-23(31)19-9-8-18(24)11-20(19)25/h2-11,14H,12-13H2,1H3,(H,26,29)(H,27,31)(H,28,30). The lowest BCUT2D eigenvalue weighted by atomic mass is 10.0. The average molecular weight is 458 g/mol. The van der Waals surface area contributed by atoms with Gasteiger partial charge < -0.3 is 16.0 Å². The average Bonchev–Trinajstić information content (AvgIpc) is 2.75. The topological polar surface area (TPSA) is 87.3 Å². The van der Waals surface area contributed by atoms with Crippen molar-refractivity contribution in [1.82, 2.24) is 16.0 Å². The third kappa shape index (κ3) is 6.20. The van der Waals surface area contributed by atoms with Gasteiger partial charge in [-0.2, -0.15) is 0 Å². The van der Waals surface area contributed by atoms with Gasteiger partial charge in [-0.15, -0.1) is 0 Å². The fourth-order valence-electron chi connectivity index (χ4n) is 3.02. The molecule has 0 fully saturated rings. The van der Waals surface area contributed by atoms with Crippen molar-refractivity contribution < 1.29 is 14.4 Å². The molecule has 31 heavy (non-hydrogen) atoms. The minimum Gasteiger partial charge on any atom is -0.348 e. The Balaban J connectivity index is 1.45. The van der Waals surface area contributed by atoms with Gasteiger partial charge in [-0.25, -0.2) is 0 Å². The van der Waals surface area contributed by atoms with Crippen LogP contribution in [0.3, 0.4) is 0 Å². The first kappa shape index (κ1) is 22.6. The number of nitrogens with one attached hydrogen (secondary N) is 3. The number of benzene rings is 3. The van der Waals surface area contributed by atoms with E-state index in [4.69, 9.17) is 23.2 Å². The molecule has 3 aromatic rings. The largest absolute Gasteiger partial charge is 0.348 e. The molecule has 6 nitrogen and oxygen atoms in total. The fourth-order valence-corrected chi connectivity index (χ4v) is 3.52. The number of hydrogen-bond donors (Lipinski definition) is 3. The Morgan fingerprint density at radius 3 is 2.29 bits per heavy atom. The van der Waals surface area contributed by atoms with Crippen molar-refractivity contribution in [2.45, 2.75) is 13.0 Å². The molecule has 3 rings (SSSR count). The summed E-state index contributed by atoms with van der Waals surface area (Å²) in [6.07, 6.45) is 0. The van der Waals surface area contributed by atoms with Gasteiger partial charge in [-0.05, 0) is 47.5 Å².